The van der Waals surface area contributed by atoms with E-state index in [0.717, 1.165) is 38.6 Å². The van der Waals surface area contributed by atoms with Crippen molar-refractivity contribution < 1.29 is 4.42 Å². The topological polar surface area (TPSA) is 30.4 Å². The van der Waals surface area contributed by atoms with Gasteiger partial charge in [0.15, 0.2) is 5.58 Å². The number of rotatable bonds is 1. The highest BCUT2D eigenvalue weighted by molar-refractivity contribution is 6.24. The minimum absolute atomic E-state index is 0.871. The lowest BCUT2D eigenvalue weighted by Gasteiger charge is -2.10. The van der Waals surface area contributed by atoms with Crippen molar-refractivity contribution in [2.24, 2.45) is 0 Å². The highest BCUT2D eigenvalue weighted by Crippen LogP contribution is 2.38. The molecule has 8 rings (SSSR count). The minimum Gasteiger partial charge on any atom is -0.455 e. The fourth-order valence-corrected chi connectivity index (χ4v) is 5.41. The van der Waals surface area contributed by atoms with E-state index in [-0.39, 0.29) is 0 Å². The van der Waals surface area contributed by atoms with Crippen molar-refractivity contribution in [3.8, 4) is 11.1 Å². The van der Waals surface area contributed by atoms with E-state index in [1.54, 1.807) is 0 Å². The van der Waals surface area contributed by atoms with Crippen LogP contribution < -0.4 is 0 Å². The predicted octanol–water partition coefficient (Wildman–Crippen LogP) is 8.36. The van der Waals surface area contributed by atoms with Gasteiger partial charge >= 0.3 is 0 Å². The van der Waals surface area contributed by atoms with E-state index in [1.165, 1.54) is 32.7 Å². The van der Waals surface area contributed by atoms with Gasteiger partial charge in [-0.05, 0) is 40.1 Å². The predicted molar refractivity (Wildman–Crippen MR) is 140 cm³/mol. The third-order valence-electron chi connectivity index (χ3n) is 6.97. The van der Waals surface area contributed by atoms with Crippen molar-refractivity contribution in [3.05, 3.63) is 109 Å². The Bertz CT molecular complexity index is 2060. The second-order valence-electron chi connectivity index (χ2n) is 8.86. The van der Waals surface area contributed by atoms with E-state index in [4.69, 9.17) is 9.40 Å². The van der Waals surface area contributed by atoms with Gasteiger partial charge in [0.2, 0.25) is 0 Å². The maximum absolute atomic E-state index is 6.21. The van der Waals surface area contributed by atoms with Gasteiger partial charge in [0.25, 0.3) is 0 Å². The lowest BCUT2D eigenvalue weighted by Crippen LogP contribution is -1.87. The van der Waals surface area contributed by atoms with Crippen LogP contribution in [0.4, 0.5) is 0 Å². The minimum atomic E-state index is 0.871. The number of fused-ring (bicyclic) bond motifs is 11. The number of benzene rings is 5. The molecule has 3 aromatic heterocycles. The average Bonchev–Trinajstić information content (AvgIpc) is 3.45. The van der Waals surface area contributed by atoms with Gasteiger partial charge in [-0.15, -0.1) is 0 Å². The highest BCUT2D eigenvalue weighted by Gasteiger charge is 2.17. The maximum atomic E-state index is 6.21. The number of furan rings is 1. The van der Waals surface area contributed by atoms with Crippen LogP contribution in [-0.2, 0) is 0 Å². The molecule has 0 aliphatic carbocycles. The summed E-state index contributed by atoms with van der Waals surface area (Å²) in [5.41, 5.74) is 7.27. The zero-order valence-electron chi connectivity index (χ0n) is 18.2. The van der Waals surface area contributed by atoms with Crippen molar-refractivity contribution >= 4 is 60.2 Å². The maximum Gasteiger partial charge on any atom is 0.152 e. The molecule has 0 aliphatic heterocycles. The van der Waals surface area contributed by atoms with Gasteiger partial charge in [-0.3, -0.25) is 4.40 Å². The molecular formula is C31H18N2O. The molecule has 3 nitrogen and oxygen atoms in total. The summed E-state index contributed by atoms with van der Waals surface area (Å²) in [6.07, 6.45) is 2.10. The summed E-state index contributed by atoms with van der Waals surface area (Å²) in [4.78, 5) is 5.13. The van der Waals surface area contributed by atoms with Crippen LogP contribution in [0.3, 0.4) is 0 Å². The first-order chi connectivity index (χ1) is 16.8. The average molecular weight is 434 g/mol. The molecule has 0 fully saturated rings. The summed E-state index contributed by atoms with van der Waals surface area (Å²) in [7, 11) is 0. The molecule has 0 spiro atoms. The van der Waals surface area contributed by atoms with Crippen LogP contribution in [0, 0.1) is 0 Å². The van der Waals surface area contributed by atoms with Crippen molar-refractivity contribution in [2.45, 2.75) is 0 Å². The molecule has 158 valence electrons. The lowest BCUT2D eigenvalue weighted by molar-refractivity contribution is 0.666. The van der Waals surface area contributed by atoms with Gasteiger partial charge in [-0.2, -0.15) is 0 Å². The zero-order chi connectivity index (χ0) is 22.2. The number of pyridine rings is 1. The van der Waals surface area contributed by atoms with Crippen LogP contribution in [0.25, 0.3) is 71.3 Å². The molecule has 5 aromatic carbocycles. The normalized spacial score (nSPS) is 12.1. The highest BCUT2D eigenvalue weighted by atomic mass is 16.3. The van der Waals surface area contributed by atoms with Crippen molar-refractivity contribution in [1.82, 2.24) is 9.38 Å². The molecule has 0 amide bonds. The molecule has 0 radical (unpaired) electrons. The monoisotopic (exact) mass is 434 g/mol. The molecule has 0 N–H and O–H groups in total. The molecule has 0 atom stereocenters. The van der Waals surface area contributed by atoms with Gasteiger partial charge in [0, 0.05) is 21.5 Å². The van der Waals surface area contributed by atoms with Gasteiger partial charge in [0.1, 0.15) is 11.2 Å². The van der Waals surface area contributed by atoms with Crippen LogP contribution in [-0.4, -0.2) is 9.38 Å². The third-order valence-corrected chi connectivity index (χ3v) is 6.97. The van der Waals surface area contributed by atoms with Crippen LogP contribution in [0.5, 0.6) is 0 Å². The second kappa shape index (κ2) is 6.46. The first kappa shape index (κ1) is 17.9. The molecule has 0 unspecified atom stereocenters. The fourth-order valence-electron chi connectivity index (χ4n) is 5.41. The summed E-state index contributed by atoms with van der Waals surface area (Å²) in [5.74, 6) is 0. The molecule has 3 heteroatoms. The summed E-state index contributed by atoms with van der Waals surface area (Å²) in [5, 5.41) is 7.03. The van der Waals surface area contributed by atoms with Crippen LogP contribution >= 0.6 is 0 Å². The van der Waals surface area contributed by atoms with E-state index in [1.807, 2.05) is 12.1 Å². The van der Waals surface area contributed by atoms with Crippen molar-refractivity contribution in [3.63, 3.8) is 0 Å². The number of hydrogen-bond acceptors (Lipinski definition) is 2. The molecule has 3 heterocycles. The molecule has 34 heavy (non-hydrogen) atoms. The van der Waals surface area contributed by atoms with Gasteiger partial charge in [-0.1, -0.05) is 84.9 Å². The molecular weight excluding hydrogens is 416 g/mol. The Kier molecular flexibility index (Phi) is 3.39. The number of hydrogen-bond donors (Lipinski definition) is 0. The van der Waals surface area contributed by atoms with E-state index < -0.39 is 0 Å². The van der Waals surface area contributed by atoms with Crippen LogP contribution in [0.15, 0.2) is 114 Å². The molecule has 8 aromatic rings. The van der Waals surface area contributed by atoms with E-state index in [2.05, 4.69) is 102 Å². The van der Waals surface area contributed by atoms with Gasteiger partial charge in [0.05, 0.1) is 17.2 Å². The summed E-state index contributed by atoms with van der Waals surface area (Å²) >= 11 is 0. The van der Waals surface area contributed by atoms with Crippen molar-refractivity contribution in [1.29, 1.82) is 0 Å². The Hall–Kier alpha value is -4.63. The molecule has 0 bridgehead atoms. The molecule has 0 saturated carbocycles. The zero-order valence-corrected chi connectivity index (χ0v) is 18.2. The van der Waals surface area contributed by atoms with Gasteiger partial charge < -0.3 is 4.42 Å². The van der Waals surface area contributed by atoms with Crippen molar-refractivity contribution in [2.75, 3.05) is 0 Å². The first-order valence-corrected chi connectivity index (χ1v) is 11.5. The summed E-state index contributed by atoms with van der Waals surface area (Å²) < 4.78 is 8.40. The summed E-state index contributed by atoms with van der Waals surface area (Å²) in [6.45, 7) is 0. The van der Waals surface area contributed by atoms with Gasteiger partial charge in [-0.25, -0.2) is 4.98 Å². The second-order valence-corrected chi connectivity index (χ2v) is 8.86. The Labute approximate surface area is 194 Å². The number of aromatic nitrogens is 2. The SMILES string of the molecule is c1ccc(-c2ccc3c(c2)c2ccccc2c2nc4cc5c(cn4c32)oc2ccccc25)cc1. The smallest absolute Gasteiger partial charge is 0.152 e. The number of para-hydroxylation sites is 1. The van der Waals surface area contributed by atoms with E-state index in [0.29, 0.717) is 0 Å². The number of imidazole rings is 1. The first-order valence-electron chi connectivity index (χ1n) is 11.5. The third kappa shape index (κ3) is 2.33. The van der Waals surface area contributed by atoms with E-state index >= 15 is 0 Å². The standard InChI is InChI=1S/C31H18N2O/c1-2-8-19(9-3-1)20-14-15-24-25(16-20)21-10-4-5-12-23(21)30-31(24)33-18-28-26(17-29(33)32-30)22-11-6-7-13-27(22)34-28/h1-18H. The van der Waals surface area contributed by atoms with Crippen LogP contribution in [0.1, 0.15) is 0 Å². The lowest BCUT2D eigenvalue weighted by atomic mass is 9.96. The Morgan fingerprint density at radius 2 is 1.29 bits per heavy atom. The Balaban J connectivity index is 1.55. The molecule has 0 saturated heterocycles. The molecule has 0 aliphatic rings. The largest absolute Gasteiger partial charge is 0.455 e. The Morgan fingerprint density at radius 1 is 0.529 bits per heavy atom. The summed E-state index contributed by atoms with van der Waals surface area (Å²) in [6, 6.07) is 36.2. The van der Waals surface area contributed by atoms with Crippen LogP contribution in [0.2, 0.25) is 0 Å². The quantitative estimate of drug-likeness (QED) is 0.243. The Morgan fingerprint density at radius 3 is 2.18 bits per heavy atom. The number of nitrogens with zero attached hydrogens (tertiary/aromatic N) is 2. The van der Waals surface area contributed by atoms with E-state index in [9.17, 15) is 0 Å². The fraction of sp³-hybridized carbons (Fsp3) is 0.